The van der Waals surface area contributed by atoms with Crippen LogP contribution in [0.1, 0.15) is 29.8 Å². The molecule has 4 rings (SSSR count). The minimum atomic E-state index is -0.316. The molecule has 0 atom stereocenters. The molecule has 3 aromatic rings. The van der Waals surface area contributed by atoms with E-state index in [2.05, 4.69) is 26.5 Å². The number of nitrogens with zero attached hydrogens (tertiary/aromatic N) is 2. The van der Waals surface area contributed by atoms with Crippen LogP contribution in [0.5, 0.6) is 5.75 Å². The first-order valence-electron chi connectivity index (χ1n) is 12.2. The van der Waals surface area contributed by atoms with E-state index in [-0.39, 0.29) is 17.1 Å². The van der Waals surface area contributed by atoms with Gasteiger partial charge in [-0.25, -0.2) is 0 Å². The van der Waals surface area contributed by atoms with Crippen molar-refractivity contribution in [2.24, 2.45) is 0 Å². The van der Waals surface area contributed by atoms with Crippen LogP contribution in [0.3, 0.4) is 0 Å². The third-order valence-corrected chi connectivity index (χ3v) is 6.84. The van der Waals surface area contributed by atoms with Gasteiger partial charge in [-0.15, -0.1) is 0 Å². The molecule has 2 N–H and O–H groups in total. The maximum atomic E-state index is 12.6. The lowest BCUT2D eigenvalue weighted by molar-refractivity contribution is 0.0977. The van der Waals surface area contributed by atoms with E-state index in [0.717, 1.165) is 49.0 Å². The van der Waals surface area contributed by atoms with Gasteiger partial charge in [-0.1, -0.05) is 47.5 Å². The van der Waals surface area contributed by atoms with Gasteiger partial charge in [0.05, 0.1) is 16.8 Å². The highest BCUT2D eigenvalue weighted by molar-refractivity contribution is 7.80. The molecule has 194 valence electrons. The number of rotatable bonds is 7. The fraction of sp³-hybridized carbons (Fsp3) is 0.286. The second-order valence-electron chi connectivity index (χ2n) is 9.12. The Morgan fingerprint density at radius 2 is 1.73 bits per heavy atom. The topological polar surface area (TPSA) is 56.8 Å². The molecule has 1 amide bonds. The van der Waals surface area contributed by atoms with Crippen molar-refractivity contribution in [1.29, 1.82) is 0 Å². The molecule has 0 unspecified atom stereocenters. The maximum absolute atomic E-state index is 12.6. The molecular formula is C28H30Cl2N4O2S. The van der Waals surface area contributed by atoms with Crippen LogP contribution in [0.4, 0.5) is 11.4 Å². The first-order chi connectivity index (χ1) is 17.8. The van der Waals surface area contributed by atoms with Gasteiger partial charge < -0.3 is 15.0 Å². The maximum Gasteiger partial charge on any atom is 0.257 e. The lowest BCUT2D eigenvalue weighted by atomic mass is 10.2. The number of piperazine rings is 1. The number of hydrogen-bond donors (Lipinski definition) is 2. The minimum absolute atomic E-state index is 0.0195. The largest absolute Gasteiger partial charge is 0.491 e. The zero-order chi connectivity index (χ0) is 26.4. The summed E-state index contributed by atoms with van der Waals surface area (Å²) in [6, 6.07) is 20.7. The standard InChI is InChI=1S/C28H30Cl2N4O2S/c1-19(2)36-23-8-5-7-20(16-23)27(35)32-28(37)31-22-10-11-26(25(30)17-22)34-14-12-33(13-15-34)18-21-6-3-4-9-24(21)29/h3-11,16-17,19H,12-15,18H2,1-2H3,(H2,31,32,35,37). The van der Waals surface area contributed by atoms with Gasteiger partial charge in [-0.2, -0.15) is 0 Å². The highest BCUT2D eigenvalue weighted by atomic mass is 35.5. The fourth-order valence-electron chi connectivity index (χ4n) is 4.18. The van der Waals surface area contributed by atoms with Gasteiger partial charge in [-0.3, -0.25) is 15.0 Å². The molecule has 1 fully saturated rings. The summed E-state index contributed by atoms with van der Waals surface area (Å²) >= 11 is 18.3. The van der Waals surface area contributed by atoms with Crippen molar-refractivity contribution in [3.63, 3.8) is 0 Å². The van der Waals surface area contributed by atoms with Gasteiger partial charge in [-0.05, 0) is 74.1 Å². The van der Waals surface area contributed by atoms with Crippen molar-refractivity contribution in [2.45, 2.75) is 26.5 Å². The highest BCUT2D eigenvalue weighted by Crippen LogP contribution is 2.30. The van der Waals surface area contributed by atoms with Crippen molar-refractivity contribution >= 4 is 57.8 Å². The number of carbonyl (C=O) groups is 1. The van der Waals surface area contributed by atoms with Crippen LogP contribution in [0.15, 0.2) is 66.7 Å². The molecule has 1 heterocycles. The normalized spacial score (nSPS) is 13.9. The van der Waals surface area contributed by atoms with E-state index in [9.17, 15) is 4.79 Å². The molecule has 0 saturated carbocycles. The highest BCUT2D eigenvalue weighted by Gasteiger charge is 2.20. The summed E-state index contributed by atoms with van der Waals surface area (Å²) < 4.78 is 5.66. The Bertz CT molecular complexity index is 1260. The molecule has 3 aromatic carbocycles. The van der Waals surface area contributed by atoms with E-state index < -0.39 is 0 Å². The molecule has 1 aliphatic heterocycles. The average Bonchev–Trinajstić information content (AvgIpc) is 2.86. The number of benzene rings is 3. The molecule has 0 aromatic heterocycles. The number of ether oxygens (including phenoxy) is 1. The van der Waals surface area contributed by atoms with Crippen LogP contribution in [0, 0.1) is 0 Å². The Labute approximate surface area is 233 Å². The second kappa shape index (κ2) is 12.6. The van der Waals surface area contributed by atoms with Crippen molar-refractivity contribution in [3.05, 3.63) is 87.9 Å². The fourth-order valence-corrected chi connectivity index (χ4v) is 4.88. The Kier molecular flexibility index (Phi) is 9.27. The van der Waals surface area contributed by atoms with Gasteiger partial charge in [0.25, 0.3) is 5.91 Å². The molecular weight excluding hydrogens is 527 g/mol. The predicted molar refractivity (Wildman–Crippen MR) is 156 cm³/mol. The number of amides is 1. The predicted octanol–water partition coefficient (Wildman–Crippen LogP) is 6.23. The second-order valence-corrected chi connectivity index (χ2v) is 10.3. The number of anilines is 2. The molecule has 1 aliphatic rings. The number of carbonyl (C=O) groups excluding carboxylic acids is 1. The van der Waals surface area contributed by atoms with Crippen LogP contribution in [0.25, 0.3) is 0 Å². The van der Waals surface area contributed by atoms with Gasteiger partial charge in [0.2, 0.25) is 0 Å². The molecule has 0 radical (unpaired) electrons. The molecule has 0 spiro atoms. The molecule has 0 bridgehead atoms. The Morgan fingerprint density at radius 3 is 2.43 bits per heavy atom. The first-order valence-corrected chi connectivity index (χ1v) is 13.3. The average molecular weight is 558 g/mol. The van der Waals surface area contributed by atoms with Crippen LogP contribution < -0.4 is 20.3 Å². The van der Waals surface area contributed by atoms with E-state index in [1.807, 2.05) is 56.3 Å². The first kappa shape index (κ1) is 27.2. The lowest BCUT2D eigenvalue weighted by Crippen LogP contribution is -2.46. The number of nitrogens with one attached hydrogen (secondary N) is 2. The van der Waals surface area contributed by atoms with Gasteiger partial charge in [0.15, 0.2) is 5.11 Å². The summed E-state index contributed by atoms with van der Waals surface area (Å²) in [7, 11) is 0. The van der Waals surface area contributed by atoms with E-state index >= 15 is 0 Å². The third kappa shape index (κ3) is 7.58. The SMILES string of the molecule is CC(C)Oc1cccc(C(=O)NC(=S)Nc2ccc(N3CCN(Cc4ccccc4Cl)CC3)c(Cl)c2)c1. The molecule has 0 aliphatic carbocycles. The summed E-state index contributed by atoms with van der Waals surface area (Å²) in [5.74, 6) is 0.317. The van der Waals surface area contributed by atoms with Crippen LogP contribution >= 0.6 is 35.4 Å². The smallest absolute Gasteiger partial charge is 0.257 e. The van der Waals surface area contributed by atoms with Crippen molar-refractivity contribution in [3.8, 4) is 5.75 Å². The zero-order valence-electron chi connectivity index (χ0n) is 20.8. The van der Waals surface area contributed by atoms with Crippen LogP contribution in [-0.2, 0) is 6.54 Å². The minimum Gasteiger partial charge on any atom is -0.491 e. The van der Waals surface area contributed by atoms with E-state index in [0.29, 0.717) is 22.0 Å². The third-order valence-electron chi connectivity index (χ3n) is 5.97. The summed E-state index contributed by atoms with van der Waals surface area (Å²) in [6.07, 6.45) is 0.0195. The molecule has 37 heavy (non-hydrogen) atoms. The summed E-state index contributed by atoms with van der Waals surface area (Å²) in [6.45, 7) is 8.27. The van der Waals surface area contributed by atoms with E-state index in [1.165, 1.54) is 0 Å². The van der Waals surface area contributed by atoms with Gasteiger partial charge >= 0.3 is 0 Å². The zero-order valence-corrected chi connectivity index (χ0v) is 23.2. The number of thiocarbonyl (C=S) groups is 1. The van der Waals surface area contributed by atoms with E-state index in [1.54, 1.807) is 18.2 Å². The van der Waals surface area contributed by atoms with Gasteiger partial charge in [0, 0.05) is 49.0 Å². The Morgan fingerprint density at radius 1 is 0.973 bits per heavy atom. The monoisotopic (exact) mass is 556 g/mol. The molecule has 1 saturated heterocycles. The van der Waals surface area contributed by atoms with Crippen molar-refractivity contribution in [1.82, 2.24) is 10.2 Å². The van der Waals surface area contributed by atoms with Crippen LogP contribution in [-0.4, -0.2) is 48.2 Å². The lowest BCUT2D eigenvalue weighted by Gasteiger charge is -2.36. The summed E-state index contributed by atoms with van der Waals surface area (Å²) in [5, 5.41) is 7.37. The van der Waals surface area contributed by atoms with Crippen molar-refractivity contribution in [2.75, 3.05) is 36.4 Å². The summed E-state index contributed by atoms with van der Waals surface area (Å²) in [5.41, 5.74) is 3.28. The van der Waals surface area contributed by atoms with Crippen LogP contribution in [0.2, 0.25) is 10.0 Å². The summed E-state index contributed by atoms with van der Waals surface area (Å²) in [4.78, 5) is 17.3. The van der Waals surface area contributed by atoms with Crippen molar-refractivity contribution < 1.29 is 9.53 Å². The number of hydrogen-bond acceptors (Lipinski definition) is 5. The Hall–Kier alpha value is -2.84. The van der Waals surface area contributed by atoms with E-state index in [4.69, 9.17) is 40.2 Å². The molecule has 9 heteroatoms. The molecule has 6 nitrogen and oxygen atoms in total. The quantitative estimate of drug-likeness (QED) is 0.336. The Balaban J connectivity index is 1.30. The van der Waals surface area contributed by atoms with Gasteiger partial charge in [0.1, 0.15) is 5.75 Å². The number of halogens is 2.